The van der Waals surface area contributed by atoms with Gasteiger partial charge in [0.25, 0.3) is 0 Å². The van der Waals surface area contributed by atoms with Gasteiger partial charge in [-0.2, -0.15) is 4.31 Å². The second-order valence-electron chi connectivity index (χ2n) is 5.49. The number of likely N-dealkylation sites (N-methyl/N-ethyl adjacent to an activating group) is 1. The Hall–Kier alpha value is -1.68. The molecule has 0 unspecified atom stereocenters. The van der Waals surface area contributed by atoms with Gasteiger partial charge in [0.05, 0.1) is 18.1 Å². The van der Waals surface area contributed by atoms with E-state index in [4.69, 9.17) is 11.6 Å². The van der Waals surface area contributed by atoms with Crippen molar-refractivity contribution in [3.8, 4) is 0 Å². The lowest BCUT2D eigenvalue weighted by Gasteiger charge is -2.34. The maximum absolute atomic E-state index is 12.6. The van der Waals surface area contributed by atoms with Crippen LogP contribution in [0.15, 0.2) is 29.2 Å². The third-order valence-corrected chi connectivity index (χ3v) is 6.28. The highest BCUT2D eigenvalue weighted by Gasteiger charge is 2.31. The predicted octanol–water partition coefficient (Wildman–Crippen LogP) is -0.491. The summed E-state index contributed by atoms with van der Waals surface area (Å²) in [4.78, 5) is 24.8. The molecule has 0 atom stereocenters. The fraction of sp³-hybridized carbons (Fsp3) is 0.467. The van der Waals surface area contributed by atoms with Crippen molar-refractivity contribution >= 4 is 33.4 Å². The summed E-state index contributed by atoms with van der Waals surface area (Å²) in [6.07, 6.45) is 0. The fourth-order valence-corrected chi connectivity index (χ4v) is 4.37. The Bertz CT molecular complexity index is 733. The van der Waals surface area contributed by atoms with E-state index < -0.39 is 10.0 Å². The van der Waals surface area contributed by atoms with Crippen LogP contribution < -0.4 is 10.6 Å². The first kappa shape index (κ1) is 19.6. The second kappa shape index (κ2) is 8.61. The van der Waals surface area contributed by atoms with E-state index in [-0.39, 0.29) is 47.9 Å². The summed E-state index contributed by atoms with van der Waals surface area (Å²) >= 11 is 5.99. The van der Waals surface area contributed by atoms with Gasteiger partial charge in [0.1, 0.15) is 4.90 Å². The fourth-order valence-electron chi connectivity index (χ4n) is 2.45. The van der Waals surface area contributed by atoms with Gasteiger partial charge in [-0.25, -0.2) is 8.42 Å². The van der Waals surface area contributed by atoms with Crippen molar-refractivity contribution in [3.63, 3.8) is 0 Å². The number of sulfonamides is 1. The quantitative estimate of drug-likeness (QED) is 0.685. The number of hydrogen-bond acceptors (Lipinski definition) is 5. The molecule has 1 heterocycles. The average Bonchev–Trinajstić information content (AvgIpc) is 2.61. The molecule has 1 saturated heterocycles. The molecule has 0 radical (unpaired) electrons. The molecule has 25 heavy (non-hydrogen) atoms. The number of amides is 2. The van der Waals surface area contributed by atoms with Crippen molar-refractivity contribution in [2.75, 3.05) is 46.3 Å². The number of nitrogens with zero attached hydrogens (tertiary/aromatic N) is 2. The Morgan fingerprint density at radius 3 is 2.36 bits per heavy atom. The minimum absolute atomic E-state index is 0.0324. The summed E-state index contributed by atoms with van der Waals surface area (Å²) in [5.41, 5.74) is 0. The van der Waals surface area contributed by atoms with E-state index in [1.54, 1.807) is 17.0 Å². The summed E-state index contributed by atoms with van der Waals surface area (Å²) in [7, 11) is -2.16. The number of halogens is 1. The number of benzene rings is 1. The smallest absolute Gasteiger partial charge is 0.244 e. The Morgan fingerprint density at radius 1 is 1.12 bits per heavy atom. The molecule has 1 aromatic carbocycles. The average molecular weight is 389 g/mol. The van der Waals surface area contributed by atoms with Crippen LogP contribution in [-0.4, -0.2) is 75.8 Å². The first-order valence-electron chi connectivity index (χ1n) is 7.80. The minimum Gasteiger partial charge on any atom is -0.358 e. The molecule has 0 bridgehead atoms. The van der Waals surface area contributed by atoms with Crippen LogP contribution >= 0.6 is 11.6 Å². The molecule has 0 spiro atoms. The lowest BCUT2D eigenvalue weighted by molar-refractivity contribution is -0.131. The molecule has 0 aliphatic carbocycles. The van der Waals surface area contributed by atoms with E-state index in [1.165, 1.54) is 23.5 Å². The SMILES string of the molecule is CNC(=O)CNCC(=O)N1CCN(S(=O)(=O)c2ccccc2Cl)CC1. The minimum atomic E-state index is -3.68. The highest BCUT2D eigenvalue weighted by atomic mass is 35.5. The summed E-state index contributed by atoms with van der Waals surface area (Å²) in [6, 6.07) is 6.30. The molecule has 2 rings (SSSR count). The molecular weight excluding hydrogens is 368 g/mol. The van der Waals surface area contributed by atoms with E-state index in [0.29, 0.717) is 13.1 Å². The molecule has 2 N–H and O–H groups in total. The third kappa shape index (κ3) is 4.91. The van der Waals surface area contributed by atoms with Crippen molar-refractivity contribution in [1.82, 2.24) is 19.8 Å². The van der Waals surface area contributed by atoms with Crippen molar-refractivity contribution in [1.29, 1.82) is 0 Å². The monoisotopic (exact) mass is 388 g/mol. The Kier molecular flexibility index (Phi) is 6.77. The lowest BCUT2D eigenvalue weighted by Crippen LogP contribution is -2.52. The summed E-state index contributed by atoms with van der Waals surface area (Å²) < 4.78 is 26.6. The van der Waals surface area contributed by atoms with Gasteiger partial charge in [-0.05, 0) is 12.1 Å². The first-order chi connectivity index (χ1) is 11.9. The van der Waals surface area contributed by atoms with Gasteiger partial charge in [0.15, 0.2) is 0 Å². The van der Waals surface area contributed by atoms with Gasteiger partial charge in [-0.15, -0.1) is 0 Å². The summed E-state index contributed by atoms with van der Waals surface area (Å²) in [5.74, 6) is -0.373. The summed E-state index contributed by atoms with van der Waals surface area (Å²) in [5, 5.41) is 5.39. The van der Waals surface area contributed by atoms with Gasteiger partial charge in [-0.1, -0.05) is 23.7 Å². The van der Waals surface area contributed by atoms with E-state index in [0.717, 1.165) is 0 Å². The van der Waals surface area contributed by atoms with Crippen LogP contribution in [0.3, 0.4) is 0 Å². The second-order valence-corrected chi connectivity index (χ2v) is 7.81. The van der Waals surface area contributed by atoms with Crippen LogP contribution in [0.4, 0.5) is 0 Å². The normalized spacial score (nSPS) is 15.8. The Balaban J connectivity index is 1.90. The molecule has 0 saturated carbocycles. The maximum atomic E-state index is 12.6. The van der Waals surface area contributed by atoms with E-state index in [9.17, 15) is 18.0 Å². The predicted molar refractivity (Wildman–Crippen MR) is 93.7 cm³/mol. The van der Waals surface area contributed by atoms with Crippen LogP contribution in [0.5, 0.6) is 0 Å². The van der Waals surface area contributed by atoms with Gasteiger partial charge < -0.3 is 10.2 Å². The molecule has 2 amide bonds. The highest BCUT2D eigenvalue weighted by molar-refractivity contribution is 7.89. The third-order valence-electron chi connectivity index (χ3n) is 3.89. The largest absolute Gasteiger partial charge is 0.358 e. The molecule has 1 fully saturated rings. The zero-order valence-corrected chi connectivity index (χ0v) is 15.4. The Labute approximate surface area is 152 Å². The molecule has 10 heteroatoms. The first-order valence-corrected chi connectivity index (χ1v) is 9.62. The number of nitrogens with one attached hydrogen (secondary N) is 2. The molecule has 138 valence electrons. The van der Waals surface area contributed by atoms with Crippen LogP contribution in [0.1, 0.15) is 0 Å². The molecule has 8 nitrogen and oxygen atoms in total. The van der Waals surface area contributed by atoms with Gasteiger partial charge in [0.2, 0.25) is 21.8 Å². The van der Waals surface area contributed by atoms with Crippen molar-refractivity contribution < 1.29 is 18.0 Å². The van der Waals surface area contributed by atoms with E-state index in [1.807, 2.05) is 0 Å². The van der Waals surface area contributed by atoms with Crippen LogP contribution in [0, 0.1) is 0 Å². The van der Waals surface area contributed by atoms with Gasteiger partial charge >= 0.3 is 0 Å². The number of carbonyl (C=O) groups is 2. The number of carbonyl (C=O) groups excluding carboxylic acids is 2. The van der Waals surface area contributed by atoms with E-state index >= 15 is 0 Å². The van der Waals surface area contributed by atoms with Crippen LogP contribution in [-0.2, 0) is 19.6 Å². The lowest BCUT2D eigenvalue weighted by atomic mass is 10.3. The van der Waals surface area contributed by atoms with Crippen molar-refractivity contribution in [3.05, 3.63) is 29.3 Å². The molecule has 0 aromatic heterocycles. The van der Waals surface area contributed by atoms with Crippen LogP contribution in [0.25, 0.3) is 0 Å². The number of hydrogen-bond donors (Lipinski definition) is 2. The zero-order chi connectivity index (χ0) is 18.4. The molecule has 1 aliphatic heterocycles. The zero-order valence-electron chi connectivity index (χ0n) is 13.9. The van der Waals surface area contributed by atoms with Gasteiger partial charge in [0, 0.05) is 33.2 Å². The van der Waals surface area contributed by atoms with Crippen molar-refractivity contribution in [2.24, 2.45) is 0 Å². The Morgan fingerprint density at radius 2 is 1.76 bits per heavy atom. The number of piperazine rings is 1. The molecular formula is C15H21ClN4O4S. The van der Waals surface area contributed by atoms with Crippen molar-refractivity contribution in [2.45, 2.75) is 4.90 Å². The standard InChI is InChI=1S/C15H21ClN4O4S/c1-17-14(21)10-18-11-15(22)19-6-8-20(9-7-19)25(23,24)13-5-3-2-4-12(13)16/h2-5,18H,6-11H2,1H3,(H,17,21). The maximum Gasteiger partial charge on any atom is 0.244 e. The van der Waals surface area contributed by atoms with Gasteiger partial charge in [-0.3, -0.25) is 14.9 Å². The topological polar surface area (TPSA) is 98.8 Å². The summed E-state index contributed by atoms with van der Waals surface area (Å²) in [6.45, 7) is 1.09. The van der Waals surface area contributed by atoms with E-state index in [2.05, 4.69) is 10.6 Å². The number of rotatable bonds is 6. The molecule has 1 aliphatic rings. The highest BCUT2D eigenvalue weighted by Crippen LogP contribution is 2.24. The molecule has 1 aromatic rings. The van der Waals surface area contributed by atoms with Crippen LogP contribution in [0.2, 0.25) is 5.02 Å².